The van der Waals surface area contributed by atoms with Gasteiger partial charge in [0.2, 0.25) is 0 Å². The van der Waals surface area contributed by atoms with E-state index in [4.69, 9.17) is 5.26 Å². The van der Waals surface area contributed by atoms with Gasteiger partial charge in [-0.15, -0.1) is 11.3 Å². The van der Waals surface area contributed by atoms with Crippen molar-refractivity contribution in [1.29, 1.82) is 5.26 Å². The fourth-order valence-electron chi connectivity index (χ4n) is 2.28. The summed E-state index contributed by atoms with van der Waals surface area (Å²) in [6, 6.07) is 2.41. The molecule has 2 heterocycles. The Hall–Kier alpha value is -1.45. The van der Waals surface area contributed by atoms with E-state index in [0.717, 1.165) is 38.2 Å². The van der Waals surface area contributed by atoms with E-state index < -0.39 is 0 Å². The highest BCUT2D eigenvalue weighted by atomic mass is 32.1. The second-order valence-corrected chi connectivity index (χ2v) is 5.62. The molecular formula is C13H18N4OS. The summed E-state index contributed by atoms with van der Waals surface area (Å²) in [5.74, 6) is -0.00419. The topological polar surface area (TPSA) is 69.0 Å². The first-order chi connectivity index (χ1) is 9.20. The van der Waals surface area contributed by atoms with Crippen LogP contribution in [0.25, 0.3) is 0 Å². The van der Waals surface area contributed by atoms with Gasteiger partial charge in [-0.3, -0.25) is 4.79 Å². The van der Waals surface area contributed by atoms with Gasteiger partial charge in [-0.05, 0) is 19.8 Å². The minimum atomic E-state index is -0.00419. The first kappa shape index (κ1) is 14.0. The van der Waals surface area contributed by atoms with Crippen molar-refractivity contribution in [3.63, 3.8) is 0 Å². The number of nitriles is 1. The van der Waals surface area contributed by atoms with Crippen LogP contribution in [0.1, 0.15) is 34.6 Å². The number of nitrogens with zero attached hydrogens (tertiary/aromatic N) is 3. The van der Waals surface area contributed by atoms with E-state index in [1.54, 1.807) is 5.51 Å². The van der Waals surface area contributed by atoms with Crippen molar-refractivity contribution >= 4 is 17.2 Å². The summed E-state index contributed by atoms with van der Waals surface area (Å²) in [4.78, 5) is 19.1. The number of thiazole rings is 1. The molecule has 6 heteroatoms. The summed E-state index contributed by atoms with van der Waals surface area (Å²) in [6.45, 7) is 4.60. The highest BCUT2D eigenvalue weighted by Gasteiger charge is 2.22. The third-order valence-electron chi connectivity index (χ3n) is 3.41. The second kappa shape index (κ2) is 6.64. The molecule has 1 amide bonds. The van der Waals surface area contributed by atoms with Crippen LogP contribution in [-0.2, 0) is 0 Å². The largest absolute Gasteiger partial charge is 0.348 e. The van der Waals surface area contributed by atoms with Crippen molar-refractivity contribution < 1.29 is 4.79 Å². The Kier molecular flexibility index (Phi) is 4.88. The van der Waals surface area contributed by atoms with Crippen molar-refractivity contribution in [3.05, 3.63) is 16.1 Å². The smallest absolute Gasteiger partial charge is 0.263 e. The first-order valence-corrected chi connectivity index (χ1v) is 7.39. The number of aryl methyl sites for hydroxylation is 1. The molecule has 0 radical (unpaired) electrons. The molecule has 19 heavy (non-hydrogen) atoms. The molecule has 0 spiro atoms. The molecule has 0 saturated carbocycles. The molecular weight excluding hydrogens is 260 g/mol. The number of aromatic nitrogens is 1. The molecule has 1 saturated heterocycles. The molecule has 0 atom stereocenters. The van der Waals surface area contributed by atoms with Gasteiger partial charge in [0, 0.05) is 32.1 Å². The highest BCUT2D eigenvalue weighted by Crippen LogP contribution is 2.15. The van der Waals surface area contributed by atoms with Gasteiger partial charge >= 0.3 is 0 Å². The Labute approximate surface area is 117 Å². The summed E-state index contributed by atoms with van der Waals surface area (Å²) < 4.78 is 0. The number of piperidine rings is 1. The van der Waals surface area contributed by atoms with Crippen molar-refractivity contribution in [3.8, 4) is 6.07 Å². The van der Waals surface area contributed by atoms with Gasteiger partial charge in [0.15, 0.2) is 0 Å². The number of nitrogens with one attached hydrogen (secondary N) is 1. The lowest BCUT2D eigenvalue weighted by Gasteiger charge is -2.31. The zero-order valence-electron chi connectivity index (χ0n) is 11.1. The number of rotatable bonds is 4. The van der Waals surface area contributed by atoms with Gasteiger partial charge in [0.25, 0.3) is 5.91 Å². The van der Waals surface area contributed by atoms with Gasteiger partial charge in [0.1, 0.15) is 4.88 Å². The van der Waals surface area contributed by atoms with E-state index in [-0.39, 0.29) is 11.9 Å². The average molecular weight is 278 g/mol. The quantitative estimate of drug-likeness (QED) is 0.907. The predicted molar refractivity (Wildman–Crippen MR) is 74.0 cm³/mol. The Bertz CT molecular complexity index is 471. The lowest BCUT2D eigenvalue weighted by molar-refractivity contribution is 0.0915. The molecule has 0 bridgehead atoms. The molecule has 1 aliphatic heterocycles. The van der Waals surface area contributed by atoms with Crippen molar-refractivity contribution in [2.45, 2.75) is 32.2 Å². The number of likely N-dealkylation sites (tertiary alicyclic amines) is 1. The number of amides is 1. The van der Waals surface area contributed by atoms with E-state index in [9.17, 15) is 4.79 Å². The maximum absolute atomic E-state index is 12.1. The fraction of sp³-hybridized carbons (Fsp3) is 0.615. The second-order valence-electron chi connectivity index (χ2n) is 4.76. The number of carbonyl (C=O) groups excluding carboxylic acids is 1. The maximum atomic E-state index is 12.1. The summed E-state index contributed by atoms with van der Waals surface area (Å²) >= 11 is 1.39. The predicted octanol–water partition coefficient (Wildman–Crippen LogP) is 1.56. The molecule has 1 aromatic rings. The van der Waals surface area contributed by atoms with Gasteiger partial charge in [0.05, 0.1) is 17.3 Å². The van der Waals surface area contributed by atoms with Crippen LogP contribution in [0.4, 0.5) is 0 Å². The first-order valence-electron chi connectivity index (χ1n) is 6.51. The summed E-state index contributed by atoms with van der Waals surface area (Å²) in [7, 11) is 0. The van der Waals surface area contributed by atoms with Crippen molar-refractivity contribution in [2.24, 2.45) is 0 Å². The van der Waals surface area contributed by atoms with E-state index in [2.05, 4.69) is 21.3 Å². The van der Waals surface area contributed by atoms with Crippen LogP contribution in [0, 0.1) is 18.3 Å². The zero-order valence-corrected chi connectivity index (χ0v) is 11.9. The number of hydrogen-bond donors (Lipinski definition) is 1. The Balaban J connectivity index is 1.78. The van der Waals surface area contributed by atoms with Crippen LogP contribution < -0.4 is 5.32 Å². The summed E-state index contributed by atoms with van der Waals surface area (Å²) in [5.41, 5.74) is 2.50. The van der Waals surface area contributed by atoms with Crippen molar-refractivity contribution in [2.75, 3.05) is 19.6 Å². The van der Waals surface area contributed by atoms with Crippen LogP contribution in [0.2, 0.25) is 0 Å². The summed E-state index contributed by atoms with van der Waals surface area (Å²) in [6.07, 6.45) is 2.49. The third kappa shape index (κ3) is 3.75. The van der Waals surface area contributed by atoms with Gasteiger partial charge < -0.3 is 10.2 Å². The van der Waals surface area contributed by atoms with E-state index in [0.29, 0.717) is 11.3 Å². The molecule has 2 rings (SSSR count). The minimum absolute atomic E-state index is 0.00419. The SMILES string of the molecule is Cc1ncsc1C(=O)NC1CCN(CCC#N)CC1. The Morgan fingerprint density at radius 2 is 2.37 bits per heavy atom. The Morgan fingerprint density at radius 3 is 2.95 bits per heavy atom. The fourth-order valence-corrected chi connectivity index (χ4v) is 2.99. The molecule has 0 unspecified atom stereocenters. The molecule has 0 aliphatic carbocycles. The van der Waals surface area contributed by atoms with Crippen LogP contribution in [0.3, 0.4) is 0 Å². The monoisotopic (exact) mass is 278 g/mol. The van der Waals surface area contributed by atoms with E-state index in [1.165, 1.54) is 11.3 Å². The standard InChI is InChI=1S/C13H18N4OS/c1-10-12(19-9-15-10)13(18)16-11-3-7-17(8-4-11)6-2-5-14/h9,11H,2-4,6-8H2,1H3,(H,16,18). The molecule has 1 aromatic heterocycles. The molecule has 102 valence electrons. The van der Waals surface area contributed by atoms with Gasteiger partial charge in [-0.2, -0.15) is 5.26 Å². The third-order valence-corrected chi connectivity index (χ3v) is 4.34. The van der Waals surface area contributed by atoms with Crippen LogP contribution >= 0.6 is 11.3 Å². The Morgan fingerprint density at radius 1 is 1.63 bits per heavy atom. The van der Waals surface area contributed by atoms with E-state index >= 15 is 0 Å². The lowest BCUT2D eigenvalue weighted by atomic mass is 10.0. The molecule has 1 aliphatic rings. The highest BCUT2D eigenvalue weighted by molar-refractivity contribution is 7.11. The lowest BCUT2D eigenvalue weighted by Crippen LogP contribution is -2.44. The minimum Gasteiger partial charge on any atom is -0.348 e. The van der Waals surface area contributed by atoms with Crippen molar-refractivity contribution in [1.82, 2.24) is 15.2 Å². The average Bonchev–Trinajstić information content (AvgIpc) is 2.84. The van der Waals surface area contributed by atoms with E-state index in [1.807, 2.05) is 6.92 Å². The number of hydrogen-bond acceptors (Lipinski definition) is 5. The molecule has 1 fully saturated rings. The van der Waals surface area contributed by atoms with Crippen LogP contribution in [0.15, 0.2) is 5.51 Å². The zero-order chi connectivity index (χ0) is 13.7. The van der Waals surface area contributed by atoms with Crippen LogP contribution in [-0.4, -0.2) is 41.5 Å². The maximum Gasteiger partial charge on any atom is 0.263 e. The normalized spacial score (nSPS) is 17.1. The molecule has 1 N–H and O–H groups in total. The van der Waals surface area contributed by atoms with Gasteiger partial charge in [-0.1, -0.05) is 0 Å². The molecule has 0 aromatic carbocycles. The molecule has 5 nitrogen and oxygen atoms in total. The van der Waals surface area contributed by atoms with Crippen LogP contribution in [0.5, 0.6) is 0 Å². The van der Waals surface area contributed by atoms with Gasteiger partial charge in [-0.25, -0.2) is 4.98 Å². The summed E-state index contributed by atoms with van der Waals surface area (Å²) in [5, 5.41) is 11.6. The number of carbonyl (C=O) groups is 1.